The van der Waals surface area contributed by atoms with Crippen molar-refractivity contribution in [3.63, 3.8) is 0 Å². The first kappa shape index (κ1) is 14.5. The summed E-state index contributed by atoms with van der Waals surface area (Å²) in [6.45, 7) is 5.32. The summed E-state index contributed by atoms with van der Waals surface area (Å²) in [6, 6.07) is 3.77. The van der Waals surface area contributed by atoms with E-state index in [1.54, 1.807) is 12.1 Å². The van der Waals surface area contributed by atoms with Crippen LogP contribution in [-0.4, -0.2) is 38.7 Å². The number of thiophene rings is 1. The Hall–Kier alpha value is -1.40. The summed E-state index contributed by atoms with van der Waals surface area (Å²) >= 11 is 7.25. The summed E-state index contributed by atoms with van der Waals surface area (Å²) in [4.78, 5) is 19.5. The maximum atomic E-state index is 12.5. The van der Waals surface area contributed by atoms with E-state index in [0.29, 0.717) is 15.8 Å². The summed E-state index contributed by atoms with van der Waals surface area (Å²) in [5.74, 6) is 1.75. The van der Waals surface area contributed by atoms with Gasteiger partial charge in [0.2, 0.25) is 0 Å². The second-order valence-corrected chi connectivity index (χ2v) is 7.02. The van der Waals surface area contributed by atoms with Crippen LogP contribution in [0.15, 0.2) is 12.1 Å². The smallest absolute Gasteiger partial charge is 0.264 e. The third kappa shape index (κ3) is 2.96. The van der Waals surface area contributed by atoms with Crippen LogP contribution in [0, 0.1) is 13.8 Å². The summed E-state index contributed by atoms with van der Waals surface area (Å²) in [7, 11) is 0. The molecule has 7 heteroatoms. The molecule has 1 atom stereocenters. The predicted molar refractivity (Wildman–Crippen MR) is 83.0 cm³/mol. The first-order chi connectivity index (χ1) is 10.0. The van der Waals surface area contributed by atoms with E-state index in [1.165, 1.54) is 11.3 Å². The number of rotatable bonds is 2. The van der Waals surface area contributed by atoms with Crippen molar-refractivity contribution in [1.82, 2.24) is 19.7 Å². The Kier molecular flexibility index (Phi) is 3.99. The standard InChI is InChI=1S/C14H17ClN4OS/c1-9-16-10(2)19(17-9)11-4-3-7-18(8-11)14(20)12-5-6-13(15)21-12/h5-6,11H,3-4,7-8H2,1-2H3. The molecule has 0 aliphatic carbocycles. The molecule has 1 saturated heterocycles. The molecule has 0 bridgehead atoms. The summed E-state index contributed by atoms with van der Waals surface area (Å²) < 4.78 is 2.60. The number of aryl methyl sites for hydroxylation is 2. The van der Waals surface area contributed by atoms with E-state index >= 15 is 0 Å². The average molecular weight is 325 g/mol. The minimum Gasteiger partial charge on any atom is -0.336 e. The van der Waals surface area contributed by atoms with Crippen molar-refractivity contribution >= 4 is 28.8 Å². The molecule has 2 aromatic heterocycles. The van der Waals surface area contributed by atoms with Gasteiger partial charge >= 0.3 is 0 Å². The lowest BCUT2D eigenvalue weighted by Crippen LogP contribution is -2.40. The van der Waals surface area contributed by atoms with E-state index in [9.17, 15) is 4.79 Å². The molecular weight excluding hydrogens is 308 g/mol. The number of hydrogen-bond donors (Lipinski definition) is 0. The van der Waals surface area contributed by atoms with Gasteiger partial charge in [-0.15, -0.1) is 11.3 Å². The van der Waals surface area contributed by atoms with Crippen LogP contribution in [0.25, 0.3) is 0 Å². The number of halogens is 1. The Morgan fingerprint density at radius 1 is 1.43 bits per heavy atom. The monoisotopic (exact) mass is 324 g/mol. The van der Waals surface area contributed by atoms with Gasteiger partial charge < -0.3 is 4.90 Å². The number of aromatic nitrogens is 3. The molecule has 112 valence electrons. The number of piperidine rings is 1. The van der Waals surface area contributed by atoms with E-state index < -0.39 is 0 Å². The lowest BCUT2D eigenvalue weighted by molar-refractivity contribution is 0.0676. The lowest BCUT2D eigenvalue weighted by atomic mass is 10.1. The highest BCUT2D eigenvalue weighted by molar-refractivity contribution is 7.17. The molecular formula is C14H17ClN4OS. The Morgan fingerprint density at radius 3 is 2.86 bits per heavy atom. The highest BCUT2D eigenvalue weighted by Gasteiger charge is 2.27. The molecule has 1 aliphatic heterocycles. The lowest BCUT2D eigenvalue weighted by Gasteiger charge is -2.32. The third-order valence-corrected chi connectivity index (χ3v) is 4.94. The molecule has 21 heavy (non-hydrogen) atoms. The Labute approximate surface area is 132 Å². The molecule has 1 fully saturated rings. The maximum Gasteiger partial charge on any atom is 0.264 e. The molecule has 1 aliphatic rings. The molecule has 0 radical (unpaired) electrons. The van der Waals surface area contributed by atoms with Crippen LogP contribution in [0.4, 0.5) is 0 Å². The van der Waals surface area contributed by atoms with Crippen LogP contribution in [0.2, 0.25) is 4.34 Å². The van der Waals surface area contributed by atoms with Crippen LogP contribution >= 0.6 is 22.9 Å². The molecule has 1 unspecified atom stereocenters. The summed E-state index contributed by atoms with van der Waals surface area (Å²) in [6.07, 6.45) is 2.01. The molecule has 0 N–H and O–H groups in total. The summed E-state index contributed by atoms with van der Waals surface area (Å²) in [5, 5.41) is 4.45. The minimum atomic E-state index is 0.0612. The normalized spacial score (nSPS) is 19.0. The zero-order valence-electron chi connectivity index (χ0n) is 12.0. The number of hydrogen-bond acceptors (Lipinski definition) is 4. The number of carbonyl (C=O) groups excluding carboxylic acids is 1. The van der Waals surface area contributed by atoms with Crippen molar-refractivity contribution in [2.24, 2.45) is 0 Å². The van der Waals surface area contributed by atoms with E-state index in [-0.39, 0.29) is 11.9 Å². The van der Waals surface area contributed by atoms with E-state index in [0.717, 1.165) is 31.0 Å². The van der Waals surface area contributed by atoms with Gasteiger partial charge in [0.05, 0.1) is 15.3 Å². The van der Waals surface area contributed by atoms with Gasteiger partial charge in [0.15, 0.2) is 0 Å². The fraction of sp³-hybridized carbons (Fsp3) is 0.500. The predicted octanol–water partition coefficient (Wildman–Crippen LogP) is 3.09. The molecule has 0 aromatic carbocycles. The average Bonchev–Trinajstić information content (AvgIpc) is 3.04. The SMILES string of the molecule is Cc1nc(C)n(C2CCCN(C(=O)c3ccc(Cl)s3)C2)n1. The van der Waals surface area contributed by atoms with Crippen molar-refractivity contribution in [3.8, 4) is 0 Å². The van der Waals surface area contributed by atoms with Gasteiger partial charge in [-0.25, -0.2) is 9.67 Å². The van der Waals surface area contributed by atoms with Crippen LogP contribution in [0.1, 0.15) is 40.2 Å². The zero-order chi connectivity index (χ0) is 15.0. The Morgan fingerprint density at radius 2 is 2.24 bits per heavy atom. The van der Waals surface area contributed by atoms with Crippen LogP contribution < -0.4 is 0 Å². The maximum absolute atomic E-state index is 12.5. The number of amides is 1. The zero-order valence-corrected chi connectivity index (χ0v) is 13.6. The Bertz CT molecular complexity index is 666. The van der Waals surface area contributed by atoms with Gasteiger partial charge in [-0.1, -0.05) is 11.6 Å². The molecule has 3 heterocycles. The number of carbonyl (C=O) groups is 1. The number of likely N-dealkylation sites (tertiary alicyclic amines) is 1. The third-order valence-electron chi connectivity index (χ3n) is 3.72. The second kappa shape index (κ2) is 5.77. The van der Waals surface area contributed by atoms with Gasteiger partial charge in [0.25, 0.3) is 5.91 Å². The van der Waals surface area contributed by atoms with Crippen LogP contribution in [0.5, 0.6) is 0 Å². The fourth-order valence-corrected chi connectivity index (χ4v) is 3.82. The van der Waals surface area contributed by atoms with Crippen molar-refractivity contribution in [3.05, 3.63) is 33.0 Å². The van der Waals surface area contributed by atoms with Gasteiger partial charge in [-0.3, -0.25) is 4.79 Å². The highest BCUT2D eigenvalue weighted by Crippen LogP contribution is 2.27. The fourth-order valence-electron chi connectivity index (χ4n) is 2.81. The van der Waals surface area contributed by atoms with E-state index in [4.69, 9.17) is 11.6 Å². The first-order valence-corrected chi connectivity index (χ1v) is 8.18. The van der Waals surface area contributed by atoms with Gasteiger partial charge in [0.1, 0.15) is 11.6 Å². The first-order valence-electron chi connectivity index (χ1n) is 6.99. The van der Waals surface area contributed by atoms with Crippen LogP contribution in [-0.2, 0) is 0 Å². The van der Waals surface area contributed by atoms with Gasteiger partial charge in [0, 0.05) is 13.1 Å². The van der Waals surface area contributed by atoms with Crippen molar-refractivity contribution in [2.75, 3.05) is 13.1 Å². The number of nitrogens with zero attached hydrogens (tertiary/aromatic N) is 4. The molecule has 2 aromatic rings. The van der Waals surface area contributed by atoms with Gasteiger partial charge in [-0.2, -0.15) is 5.10 Å². The summed E-state index contributed by atoms with van der Waals surface area (Å²) in [5.41, 5.74) is 0. The van der Waals surface area contributed by atoms with Crippen molar-refractivity contribution < 1.29 is 4.79 Å². The molecule has 1 amide bonds. The topological polar surface area (TPSA) is 51.0 Å². The van der Waals surface area contributed by atoms with E-state index in [1.807, 2.05) is 23.4 Å². The molecule has 3 rings (SSSR count). The minimum absolute atomic E-state index is 0.0612. The molecule has 0 saturated carbocycles. The van der Waals surface area contributed by atoms with E-state index in [2.05, 4.69) is 10.1 Å². The molecule has 5 nitrogen and oxygen atoms in total. The highest BCUT2D eigenvalue weighted by atomic mass is 35.5. The Balaban J connectivity index is 1.77. The largest absolute Gasteiger partial charge is 0.336 e. The quantitative estimate of drug-likeness (QED) is 0.853. The second-order valence-electron chi connectivity index (χ2n) is 5.30. The van der Waals surface area contributed by atoms with Gasteiger partial charge in [-0.05, 0) is 38.8 Å². The van der Waals surface area contributed by atoms with Crippen LogP contribution in [0.3, 0.4) is 0 Å². The van der Waals surface area contributed by atoms with Crippen molar-refractivity contribution in [1.29, 1.82) is 0 Å². The van der Waals surface area contributed by atoms with Crippen molar-refractivity contribution in [2.45, 2.75) is 32.7 Å². The molecule has 0 spiro atoms.